The minimum atomic E-state index is 0.531. The van der Waals surface area contributed by atoms with Gasteiger partial charge in [-0.3, -0.25) is 0 Å². The summed E-state index contributed by atoms with van der Waals surface area (Å²) in [6.07, 6.45) is 8.39. The topological polar surface area (TPSA) is 21.3 Å². The zero-order chi connectivity index (χ0) is 9.43. The van der Waals surface area contributed by atoms with E-state index in [-0.39, 0.29) is 0 Å². The third kappa shape index (κ3) is 1.31. The lowest BCUT2D eigenvalue weighted by molar-refractivity contribution is -0.0771. The van der Waals surface area contributed by atoms with E-state index >= 15 is 0 Å². The Morgan fingerprint density at radius 3 is 2.86 bits per heavy atom. The van der Waals surface area contributed by atoms with Gasteiger partial charge in [0.2, 0.25) is 0 Å². The SMILES string of the molecule is C1CNC2C(C1)COCC21CCCC1. The number of piperidine rings is 1. The molecule has 1 spiro atoms. The summed E-state index contributed by atoms with van der Waals surface area (Å²) < 4.78 is 5.84. The third-order valence-electron chi connectivity index (χ3n) is 4.57. The Kier molecular flexibility index (Phi) is 2.29. The summed E-state index contributed by atoms with van der Waals surface area (Å²) in [6.45, 7) is 3.28. The van der Waals surface area contributed by atoms with E-state index in [9.17, 15) is 0 Å². The summed E-state index contributed by atoms with van der Waals surface area (Å²) >= 11 is 0. The highest BCUT2D eigenvalue weighted by atomic mass is 16.5. The number of ether oxygens (including phenoxy) is 1. The van der Waals surface area contributed by atoms with Gasteiger partial charge in [-0.1, -0.05) is 12.8 Å². The van der Waals surface area contributed by atoms with Crippen molar-refractivity contribution < 1.29 is 4.74 Å². The van der Waals surface area contributed by atoms with E-state index in [4.69, 9.17) is 4.74 Å². The molecular formula is C12H21NO. The molecule has 2 unspecified atom stereocenters. The van der Waals surface area contributed by atoms with E-state index in [2.05, 4.69) is 5.32 Å². The first-order valence-electron chi connectivity index (χ1n) is 6.22. The molecule has 1 saturated carbocycles. The van der Waals surface area contributed by atoms with Gasteiger partial charge in [-0.25, -0.2) is 0 Å². The molecule has 3 aliphatic rings. The van der Waals surface area contributed by atoms with E-state index in [0.29, 0.717) is 5.41 Å². The van der Waals surface area contributed by atoms with Crippen LogP contribution in [0.15, 0.2) is 0 Å². The first kappa shape index (κ1) is 9.17. The average Bonchev–Trinajstić information content (AvgIpc) is 2.68. The van der Waals surface area contributed by atoms with Crippen LogP contribution in [0.25, 0.3) is 0 Å². The number of fused-ring (bicyclic) bond motifs is 2. The zero-order valence-electron chi connectivity index (χ0n) is 8.93. The second kappa shape index (κ2) is 3.49. The fourth-order valence-corrected chi connectivity index (χ4v) is 3.89. The van der Waals surface area contributed by atoms with Gasteiger partial charge < -0.3 is 10.1 Å². The minimum absolute atomic E-state index is 0.531. The summed E-state index contributed by atoms with van der Waals surface area (Å²) in [5, 5.41) is 3.77. The van der Waals surface area contributed by atoms with Gasteiger partial charge in [0.1, 0.15) is 0 Å². The molecule has 80 valence electrons. The molecule has 2 nitrogen and oxygen atoms in total. The number of hydrogen-bond acceptors (Lipinski definition) is 2. The molecule has 3 rings (SSSR count). The van der Waals surface area contributed by atoms with Gasteiger partial charge in [0, 0.05) is 11.5 Å². The predicted molar refractivity (Wildman–Crippen MR) is 56.2 cm³/mol. The van der Waals surface area contributed by atoms with Crippen LogP contribution in [0.2, 0.25) is 0 Å². The Balaban J connectivity index is 1.82. The molecule has 0 aromatic rings. The molecule has 2 heteroatoms. The van der Waals surface area contributed by atoms with Gasteiger partial charge in [-0.05, 0) is 38.1 Å². The molecule has 0 aromatic heterocycles. The van der Waals surface area contributed by atoms with E-state index in [1.807, 2.05) is 0 Å². The highest BCUT2D eigenvalue weighted by Crippen LogP contribution is 2.47. The van der Waals surface area contributed by atoms with E-state index in [1.165, 1.54) is 45.1 Å². The predicted octanol–water partition coefficient (Wildman–Crippen LogP) is 1.95. The molecule has 0 aromatic carbocycles. The van der Waals surface area contributed by atoms with Crippen LogP contribution in [-0.4, -0.2) is 25.8 Å². The van der Waals surface area contributed by atoms with E-state index < -0.39 is 0 Å². The summed E-state index contributed by atoms with van der Waals surface area (Å²) in [6, 6.07) is 0.785. The van der Waals surface area contributed by atoms with Gasteiger partial charge in [-0.2, -0.15) is 0 Å². The van der Waals surface area contributed by atoms with Crippen LogP contribution < -0.4 is 5.32 Å². The molecule has 3 fully saturated rings. The van der Waals surface area contributed by atoms with Crippen LogP contribution in [0, 0.1) is 11.3 Å². The van der Waals surface area contributed by atoms with Crippen LogP contribution in [0.4, 0.5) is 0 Å². The van der Waals surface area contributed by atoms with Crippen molar-refractivity contribution in [2.24, 2.45) is 11.3 Å². The van der Waals surface area contributed by atoms with Crippen molar-refractivity contribution in [2.45, 2.75) is 44.6 Å². The van der Waals surface area contributed by atoms with E-state index in [1.54, 1.807) is 0 Å². The number of nitrogens with one attached hydrogen (secondary N) is 1. The first-order chi connectivity index (χ1) is 6.91. The summed E-state index contributed by atoms with van der Waals surface area (Å²) in [5.74, 6) is 0.815. The maximum atomic E-state index is 5.84. The van der Waals surface area contributed by atoms with Crippen LogP contribution >= 0.6 is 0 Å². The van der Waals surface area contributed by atoms with Gasteiger partial charge >= 0.3 is 0 Å². The molecule has 0 radical (unpaired) electrons. The van der Waals surface area contributed by atoms with Gasteiger partial charge in [0.15, 0.2) is 0 Å². The quantitative estimate of drug-likeness (QED) is 0.638. The van der Waals surface area contributed by atoms with Crippen molar-refractivity contribution in [3.63, 3.8) is 0 Å². The van der Waals surface area contributed by atoms with Crippen molar-refractivity contribution in [3.05, 3.63) is 0 Å². The second-order valence-corrected chi connectivity index (χ2v) is 5.42. The Morgan fingerprint density at radius 2 is 2.00 bits per heavy atom. The smallest absolute Gasteiger partial charge is 0.0537 e. The summed E-state index contributed by atoms with van der Waals surface area (Å²) in [7, 11) is 0. The molecule has 14 heavy (non-hydrogen) atoms. The van der Waals surface area contributed by atoms with Gasteiger partial charge in [0.05, 0.1) is 13.2 Å². The van der Waals surface area contributed by atoms with Crippen molar-refractivity contribution in [3.8, 4) is 0 Å². The molecule has 1 N–H and O–H groups in total. The van der Waals surface area contributed by atoms with Crippen LogP contribution in [0.5, 0.6) is 0 Å². The highest BCUT2D eigenvalue weighted by molar-refractivity contribution is 5.01. The molecule has 1 aliphatic carbocycles. The fourth-order valence-electron chi connectivity index (χ4n) is 3.89. The molecule has 0 amide bonds. The molecule has 2 aliphatic heterocycles. The Labute approximate surface area is 86.4 Å². The van der Waals surface area contributed by atoms with Crippen molar-refractivity contribution in [1.29, 1.82) is 0 Å². The molecule has 2 atom stereocenters. The second-order valence-electron chi connectivity index (χ2n) is 5.42. The maximum absolute atomic E-state index is 5.84. The standard InChI is InChI=1S/C12H21NO/c1-2-6-12(5-1)9-14-8-10-4-3-7-13-11(10)12/h10-11,13H,1-9H2. The Hall–Kier alpha value is -0.0800. The summed E-state index contributed by atoms with van der Waals surface area (Å²) in [5.41, 5.74) is 0.531. The van der Waals surface area contributed by atoms with Crippen molar-refractivity contribution >= 4 is 0 Å². The molecule has 0 bridgehead atoms. The minimum Gasteiger partial charge on any atom is -0.380 e. The van der Waals surface area contributed by atoms with E-state index in [0.717, 1.165) is 25.2 Å². The third-order valence-corrected chi connectivity index (χ3v) is 4.57. The highest BCUT2D eigenvalue weighted by Gasteiger charge is 2.48. The molecule has 2 heterocycles. The first-order valence-corrected chi connectivity index (χ1v) is 6.22. The van der Waals surface area contributed by atoms with Crippen molar-refractivity contribution in [1.82, 2.24) is 5.32 Å². The average molecular weight is 195 g/mol. The largest absolute Gasteiger partial charge is 0.380 e. The monoisotopic (exact) mass is 195 g/mol. The fraction of sp³-hybridized carbons (Fsp3) is 1.00. The lowest BCUT2D eigenvalue weighted by Gasteiger charge is -2.48. The lowest BCUT2D eigenvalue weighted by atomic mass is 9.69. The van der Waals surface area contributed by atoms with Crippen molar-refractivity contribution in [2.75, 3.05) is 19.8 Å². The number of rotatable bonds is 0. The molecule has 2 saturated heterocycles. The summed E-state index contributed by atoms with van der Waals surface area (Å²) in [4.78, 5) is 0. The van der Waals surface area contributed by atoms with Gasteiger partial charge in [-0.15, -0.1) is 0 Å². The van der Waals surface area contributed by atoms with Crippen LogP contribution in [0.1, 0.15) is 38.5 Å². The zero-order valence-corrected chi connectivity index (χ0v) is 8.93. The van der Waals surface area contributed by atoms with Crippen LogP contribution in [-0.2, 0) is 4.74 Å². The molecular weight excluding hydrogens is 174 g/mol. The maximum Gasteiger partial charge on any atom is 0.0537 e. The van der Waals surface area contributed by atoms with Crippen LogP contribution in [0.3, 0.4) is 0 Å². The Morgan fingerprint density at radius 1 is 1.14 bits per heavy atom. The Bertz CT molecular complexity index is 208. The normalized spacial score (nSPS) is 41.1. The lowest BCUT2D eigenvalue weighted by Crippen LogP contribution is -2.58. The van der Waals surface area contributed by atoms with Gasteiger partial charge in [0.25, 0.3) is 0 Å². The number of hydrogen-bond donors (Lipinski definition) is 1.